The zero-order valence-electron chi connectivity index (χ0n) is 15.5. The predicted molar refractivity (Wildman–Crippen MR) is 104 cm³/mol. The maximum Gasteiger partial charge on any atom is 0.220 e. The maximum atomic E-state index is 13.8. The molecule has 0 radical (unpaired) electrons. The normalized spacial score (nSPS) is 19.9. The summed E-state index contributed by atoms with van der Waals surface area (Å²) in [4.78, 5) is 12.1. The van der Waals surface area contributed by atoms with Crippen LogP contribution in [0.1, 0.15) is 51.0 Å². The maximum absolute atomic E-state index is 13.8. The van der Waals surface area contributed by atoms with Crippen molar-refractivity contribution in [3.05, 3.63) is 59.9 Å². The molecule has 1 amide bonds. The van der Waals surface area contributed by atoms with E-state index >= 15 is 0 Å². The summed E-state index contributed by atoms with van der Waals surface area (Å²) in [5.41, 5.74) is 2.70. The van der Waals surface area contributed by atoms with Gasteiger partial charge in [0.2, 0.25) is 5.91 Å². The lowest BCUT2D eigenvalue weighted by atomic mass is 9.87. The fourth-order valence-electron chi connectivity index (χ4n) is 3.70. The van der Waals surface area contributed by atoms with Gasteiger partial charge in [-0.1, -0.05) is 49.4 Å². The Morgan fingerprint density at radius 2 is 1.73 bits per heavy atom. The first kappa shape index (κ1) is 18.6. The number of carbonyl (C=O) groups excluding carboxylic acids is 1. The van der Waals surface area contributed by atoms with Crippen LogP contribution in [0.3, 0.4) is 0 Å². The highest BCUT2D eigenvalue weighted by atomic mass is 19.1. The molecular weight excluding hydrogens is 325 g/mol. The van der Waals surface area contributed by atoms with Gasteiger partial charge in [-0.2, -0.15) is 0 Å². The van der Waals surface area contributed by atoms with Crippen LogP contribution in [-0.2, 0) is 11.2 Å². The first-order chi connectivity index (χ1) is 12.6. The van der Waals surface area contributed by atoms with E-state index < -0.39 is 0 Å². The molecule has 0 aliphatic heterocycles. The largest absolute Gasteiger partial charge is 0.353 e. The summed E-state index contributed by atoms with van der Waals surface area (Å²) in [6, 6.07) is 15.2. The van der Waals surface area contributed by atoms with Gasteiger partial charge in [-0.25, -0.2) is 4.39 Å². The Kier molecular flexibility index (Phi) is 6.43. The zero-order valence-corrected chi connectivity index (χ0v) is 15.5. The second kappa shape index (κ2) is 8.98. The Morgan fingerprint density at radius 1 is 1.04 bits per heavy atom. The van der Waals surface area contributed by atoms with Crippen molar-refractivity contribution in [1.82, 2.24) is 5.32 Å². The summed E-state index contributed by atoms with van der Waals surface area (Å²) in [5, 5.41) is 3.18. The Bertz CT molecular complexity index is 717. The number of carbonyl (C=O) groups is 1. The Labute approximate surface area is 155 Å². The lowest BCUT2D eigenvalue weighted by molar-refractivity contribution is -0.122. The molecule has 0 aromatic heterocycles. The first-order valence-electron chi connectivity index (χ1n) is 9.75. The van der Waals surface area contributed by atoms with Gasteiger partial charge in [-0.3, -0.25) is 4.79 Å². The van der Waals surface area contributed by atoms with Crippen molar-refractivity contribution in [2.75, 3.05) is 0 Å². The molecule has 0 unspecified atom stereocenters. The number of rotatable bonds is 6. The number of nitrogens with one attached hydrogen (secondary N) is 1. The number of hydrogen-bond acceptors (Lipinski definition) is 1. The van der Waals surface area contributed by atoms with Crippen LogP contribution in [0.15, 0.2) is 48.5 Å². The van der Waals surface area contributed by atoms with Gasteiger partial charge >= 0.3 is 0 Å². The fraction of sp³-hybridized carbons (Fsp3) is 0.435. The Hall–Kier alpha value is -2.16. The second-order valence-corrected chi connectivity index (χ2v) is 7.55. The third-order valence-electron chi connectivity index (χ3n) is 5.39. The summed E-state index contributed by atoms with van der Waals surface area (Å²) in [7, 11) is 0. The molecular formula is C23H28FNO. The van der Waals surface area contributed by atoms with Crippen LogP contribution in [-0.4, -0.2) is 11.9 Å². The van der Waals surface area contributed by atoms with Crippen LogP contribution in [0.2, 0.25) is 0 Å². The highest BCUT2D eigenvalue weighted by Gasteiger charge is 2.19. The van der Waals surface area contributed by atoms with Crippen molar-refractivity contribution in [2.24, 2.45) is 5.92 Å². The summed E-state index contributed by atoms with van der Waals surface area (Å²) < 4.78 is 13.8. The van der Waals surface area contributed by atoms with Crippen molar-refractivity contribution in [3.8, 4) is 11.1 Å². The summed E-state index contributed by atoms with van der Waals surface area (Å²) in [5.74, 6) is 0.775. The molecule has 2 aromatic carbocycles. The van der Waals surface area contributed by atoms with Gasteiger partial charge in [0, 0.05) is 18.0 Å². The van der Waals surface area contributed by atoms with Crippen LogP contribution in [0.25, 0.3) is 11.1 Å². The molecule has 0 heterocycles. The average molecular weight is 353 g/mol. The van der Waals surface area contributed by atoms with E-state index in [0.29, 0.717) is 18.0 Å². The van der Waals surface area contributed by atoms with Gasteiger partial charge in [0.1, 0.15) is 5.82 Å². The van der Waals surface area contributed by atoms with Crippen LogP contribution in [0.4, 0.5) is 4.39 Å². The predicted octanol–water partition coefficient (Wildman–Crippen LogP) is 5.51. The molecule has 3 rings (SSSR count). The van der Waals surface area contributed by atoms with E-state index in [1.165, 1.54) is 24.5 Å². The highest BCUT2D eigenvalue weighted by Crippen LogP contribution is 2.24. The third-order valence-corrected chi connectivity index (χ3v) is 5.39. The standard InChI is InChI=1S/C23H28FNO/c1-17-9-15-20(16-10-17)25-23(26)8-4-5-18-11-13-19(14-12-18)21-6-2-3-7-22(21)24/h2-3,6-7,11-14,17,20H,4-5,8-10,15-16H2,1H3,(H,25,26). The monoisotopic (exact) mass is 353 g/mol. The molecule has 0 atom stereocenters. The number of halogens is 1. The van der Waals surface area contributed by atoms with E-state index in [9.17, 15) is 9.18 Å². The smallest absolute Gasteiger partial charge is 0.220 e. The second-order valence-electron chi connectivity index (χ2n) is 7.55. The Balaban J connectivity index is 1.43. The van der Waals surface area contributed by atoms with E-state index in [0.717, 1.165) is 37.2 Å². The van der Waals surface area contributed by atoms with Gasteiger partial charge in [0.15, 0.2) is 0 Å². The molecule has 2 aromatic rings. The topological polar surface area (TPSA) is 29.1 Å². The zero-order chi connectivity index (χ0) is 18.4. The van der Waals surface area contributed by atoms with Crippen molar-refractivity contribution in [1.29, 1.82) is 0 Å². The van der Waals surface area contributed by atoms with Gasteiger partial charge < -0.3 is 5.32 Å². The molecule has 2 nitrogen and oxygen atoms in total. The van der Waals surface area contributed by atoms with E-state index in [-0.39, 0.29) is 11.7 Å². The molecule has 0 bridgehead atoms. The summed E-state index contributed by atoms with van der Waals surface area (Å²) >= 11 is 0. The Morgan fingerprint density at radius 3 is 2.42 bits per heavy atom. The molecule has 1 fully saturated rings. The summed E-state index contributed by atoms with van der Waals surface area (Å²) in [6.45, 7) is 2.29. The lowest BCUT2D eigenvalue weighted by Gasteiger charge is -2.26. The van der Waals surface area contributed by atoms with E-state index in [4.69, 9.17) is 0 Å². The molecule has 1 N–H and O–H groups in total. The van der Waals surface area contributed by atoms with E-state index in [1.54, 1.807) is 12.1 Å². The molecule has 26 heavy (non-hydrogen) atoms. The van der Waals surface area contributed by atoms with E-state index in [1.807, 2.05) is 30.3 Å². The molecule has 0 spiro atoms. The van der Waals surface area contributed by atoms with E-state index in [2.05, 4.69) is 12.2 Å². The first-order valence-corrected chi connectivity index (χ1v) is 9.75. The minimum absolute atomic E-state index is 0.174. The molecule has 3 heteroatoms. The SMILES string of the molecule is CC1CCC(NC(=O)CCCc2ccc(-c3ccccc3F)cc2)CC1. The lowest BCUT2D eigenvalue weighted by Crippen LogP contribution is -2.37. The minimum Gasteiger partial charge on any atom is -0.353 e. The number of hydrogen-bond donors (Lipinski definition) is 1. The van der Waals surface area contributed by atoms with Gasteiger partial charge in [-0.05, 0) is 61.6 Å². The minimum atomic E-state index is -0.200. The molecule has 1 aliphatic carbocycles. The van der Waals surface area contributed by atoms with Gasteiger partial charge in [0.05, 0.1) is 0 Å². The average Bonchev–Trinajstić information content (AvgIpc) is 2.65. The number of amides is 1. The van der Waals surface area contributed by atoms with Crippen molar-refractivity contribution in [3.63, 3.8) is 0 Å². The van der Waals surface area contributed by atoms with Gasteiger partial charge in [0.25, 0.3) is 0 Å². The van der Waals surface area contributed by atoms with Crippen molar-refractivity contribution >= 4 is 5.91 Å². The molecule has 138 valence electrons. The molecule has 0 saturated heterocycles. The van der Waals surface area contributed by atoms with Crippen LogP contribution in [0.5, 0.6) is 0 Å². The third kappa shape index (κ3) is 5.17. The van der Waals surface area contributed by atoms with Crippen LogP contribution < -0.4 is 5.32 Å². The highest BCUT2D eigenvalue weighted by molar-refractivity contribution is 5.76. The van der Waals surface area contributed by atoms with Gasteiger partial charge in [-0.15, -0.1) is 0 Å². The van der Waals surface area contributed by atoms with Crippen LogP contribution >= 0.6 is 0 Å². The number of aryl methyl sites for hydroxylation is 1. The van der Waals surface area contributed by atoms with Crippen molar-refractivity contribution < 1.29 is 9.18 Å². The fourth-order valence-corrected chi connectivity index (χ4v) is 3.70. The molecule has 1 aliphatic rings. The summed E-state index contributed by atoms with van der Waals surface area (Å²) in [6.07, 6.45) is 6.95. The molecule has 1 saturated carbocycles. The van der Waals surface area contributed by atoms with Crippen LogP contribution in [0, 0.1) is 11.7 Å². The quantitative estimate of drug-likeness (QED) is 0.729. The van der Waals surface area contributed by atoms with Crippen molar-refractivity contribution in [2.45, 2.75) is 57.9 Å². The number of benzene rings is 2.